The quantitative estimate of drug-likeness (QED) is 0.377. The number of hydrogen-bond donors (Lipinski definition) is 3. The number of hydrogen-bond acceptors (Lipinski definition) is 6. The molecule has 1 aromatic rings. The van der Waals surface area contributed by atoms with E-state index in [-0.39, 0.29) is 23.2 Å². The maximum absolute atomic E-state index is 10.6. The first-order chi connectivity index (χ1) is 7.04. The molecule has 0 aliphatic rings. The number of aromatic amines is 1. The van der Waals surface area contributed by atoms with Crippen molar-refractivity contribution in [3.63, 3.8) is 0 Å². The molecule has 1 aromatic heterocycles. The fourth-order valence-corrected chi connectivity index (χ4v) is 1.83. The Balaban J connectivity index is 2.71. The summed E-state index contributed by atoms with van der Waals surface area (Å²) in [7, 11) is 0. The number of aliphatic hydroxyl groups is 2. The lowest BCUT2D eigenvalue weighted by Crippen LogP contribution is -2.14. The van der Waals surface area contributed by atoms with Crippen LogP contribution in [0.2, 0.25) is 0 Å². The van der Waals surface area contributed by atoms with Crippen LogP contribution >= 0.6 is 11.8 Å². The molecule has 0 saturated carbocycles. The Kier molecular flexibility index (Phi) is 4.06. The van der Waals surface area contributed by atoms with E-state index in [0.29, 0.717) is 5.82 Å². The summed E-state index contributed by atoms with van der Waals surface area (Å²) in [5, 5.41) is 28.4. The van der Waals surface area contributed by atoms with Crippen LogP contribution in [0.15, 0.2) is 5.03 Å². The molecule has 0 aliphatic carbocycles. The summed E-state index contributed by atoms with van der Waals surface area (Å²) in [6, 6.07) is 0. The van der Waals surface area contributed by atoms with Gasteiger partial charge >= 0.3 is 5.82 Å². The molecule has 0 spiro atoms. The van der Waals surface area contributed by atoms with E-state index in [1.54, 1.807) is 6.92 Å². The summed E-state index contributed by atoms with van der Waals surface area (Å²) in [5.41, 5.74) is 0. The van der Waals surface area contributed by atoms with Crippen LogP contribution in [0.1, 0.15) is 5.82 Å². The van der Waals surface area contributed by atoms with Crippen LogP contribution in [0.4, 0.5) is 5.82 Å². The highest BCUT2D eigenvalue weighted by Crippen LogP contribution is 2.26. The van der Waals surface area contributed by atoms with Crippen LogP contribution in [-0.4, -0.2) is 43.6 Å². The average Bonchev–Trinajstić information content (AvgIpc) is 2.56. The van der Waals surface area contributed by atoms with E-state index in [1.807, 2.05) is 0 Å². The van der Waals surface area contributed by atoms with Gasteiger partial charge in [-0.2, -0.15) is 4.98 Å². The Hall–Kier alpha value is -1.12. The van der Waals surface area contributed by atoms with Gasteiger partial charge in [0.15, 0.2) is 10.9 Å². The predicted octanol–water partition coefficient (Wildman–Crippen LogP) is 0.0716. The van der Waals surface area contributed by atoms with Gasteiger partial charge in [-0.15, -0.1) is 0 Å². The molecule has 0 radical (unpaired) electrons. The van der Waals surface area contributed by atoms with Crippen molar-refractivity contribution in [2.45, 2.75) is 18.1 Å². The molecule has 0 unspecified atom stereocenters. The number of nitrogens with one attached hydrogen (secondary N) is 1. The zero-order valence-electron chi connectivity index (χ0n) is 8.01. The van der Waals surface area contributed by atoms with Crippen molar-refractivity contribution in [3.8, 4) is 0 Å². The summed E-state index contributed by atoms with van der Waals surface area (Å²) in [6.07, 6.45) is -0.897. The monoisotopic (exact) mass is 233 g/mol. The molecule has 1 heterocycles. The molecule has 1 atom stereocenters. The lowest BCUT2D eigenvalue weighted by Gasteiger charge is -2.03. The molecule has 15 heavy (non-hydrogen) atoms. The number of H-pyrrole nitrogens is 1. The third-order valence-corrected chi connectivity index (χ3v) is 2.69. The maximum Gasteiger partial charge on any atom is 0.354 e. The number of nitro groups is 1. The number of nitrogens with zero attached hydrogens (tertiary/aromatic N) is 2. The average molecular weight is 233 g/mol. The van der Waals surface area contributed by atoms with E-state index in [0.717, 1.165) is 11.8 Å². The predicted molar refractivity (Wildman–Crippen MR) is 53.8 cm³/mol. The fourth-order valence-electron chi connectivity index (χ4n) is 0.910. The van der Waals surface area contributed by atoms with Crippen molar-refractivity contribution in [3.05, 3.63) is 15.9 Å². The molecule has 0 aromatic carbocycles. The summed E-state index contributed by atoms with van der Waals surface area (Å²) < 4.78 is 0. The van der Waals surface area contributed by atoms with E-state index >= 15 is 0 Å². The first-order valence-corrected chi connectivity index (χ1v) is 5.16. The minimum atomic E-state index is -0.897. The Morgan fingerprint density at radius 3 is 2.93 bits per heavy atom. The third-order valence-electron chi connectivity index (χ3n) is 1.58. The third kappa shape index (κ3) is 3.18. The minimum absolute atomic E-state index is 0.168. The van der Waals surface area contributed by atoms with Gasteiger partial charge in [-0.05, 0) is 4.92 Å². The first-order valence-electron chi connectivity index (χ1n) is 4.17. The van der Waals surface area contributed by atoms with Crippen molar-refractivity contribution >= 4 is 17.6 Å². The lowest BCUT2D eigenvalue weighted by molar-refractivity contribution is -0.392. The van der Waals surface area contributed by atoms with E-state index in [9.17, 15) is 10.1 Å². The normalized spacial score (nSPS) is 12.7. The SMILES string of the molecule is Cc1nc(SC[C@H](O)CO)c([N+](=O)[O-])[nH]1. The molecule has 8 heteroatoms. The number of rotatable bonds is 5. The fraction of sp³-hybridized carbons (Fsp3) is 0.571. The van der Waals surface area contributed by atoms with Gasteiger partial charge < -0.3 is 20.3 Å². The second kappa shape index (κ2) is 5.10. The number of aryl methyl sites for hydroxylation is 1. The van der Waals surface area contributed by atoms with Crippen LogP contribution in [0.3, 0.4) is 0 Å². The zero-order valence-corrected chi connectivity index (χ0v) is 8.82. The van der Waals surface area contributed by atoms with E-state index < -0.39 is 11.0 Å². The maximum atomic E-state index is 10.6. The Labute approximate surface area is 89.7 Å². The summed E-state index contributed by atoms with van der Waals surface area (Å²) in [5.74, 6) is 0.437. The van der Waals surface area contributed by atoms with Gasteiger partial charge in [-0.3, -0.25) is 0 Å². The van der Waals surface area contributed by atoms with E-state index in [1.165, 1.54) is 0 Å². The van der Waals surface area contributed by atoms with Gasteiger partial charge in [-0.1, -0.05) is 11.8 Å². The van der Waals surface area contributed by atoms with Gasteiger partial charge in [-0.25, -0.2) is 4.98 Å². The van der Waals surface area contributed by atoms with Crippen molar-refractivity contribution in [1.82, 2.24) is 9.97 Å². The van der Waals surface area contributed by atoms with Crippen molar-refractivity contribution < 1.29 is 15.1 Å². The second-order valence-electron chi connectivity index (χ2n) is 2.88. The molecule has 1 rings (SSSR count). The Morgan fingerprint density at radius 1 is 1.73 bits per heavy atom. The number of thioether (sulfide) groups is 1. The van der Waals surface area contributed by atoms with Crippen molar-refractivity contribution in [2.24, 2.45) is 0 Å². The highest BCUT2D eigenvalue weighted by Gasteiger charge is 2.19. The molecule has 0 bridgehead atoms. The zero-order chi connectivity index (χ0) is 11.4. The van der Waals surface area contributed by atoms with Crippen molar-refractivity contribution in [1.29, 1.82) is 0 Å². The summed E-state index contributed by atoms with van der Waals surface area (Å²) >= 11 is 1.03. The van der Waals surface area contributed by atoms with Crippen LogP contribution in [0, 0.1) is 17.0 Å². The summed E-state index contributed by atoms with van der Waals surface area (Å²) in [4.78, 5) is 16.4. The smallest absolute Gasteiger partial charge is 0.354 e. The van der Waals surface area contributed by atoms with Gasteiger partial charge in [0.2, 0.25) is 0 Å². The summed E-state index contributed by atoms with van der Waals surface area (Å²) in [6.45, 7) is 1.24. The Morgan fingerprint density at radius 2 is 2.40 bits per heavy atom. The van der Waals surface area contributed by atoms with Crippen LogP contribution in [0.25, 0.3) is 0 Å². The minimum Gasteiger partial charge on any atom is -0.394 e. The van der Waals surface area contributed by atoms with Gasteiger partial charge in [0.1, 0.15) is 0 Å². The molecule has 0 amide bonds. The van der Waals surface area contributed by atoms with Gasteiger partial charge in [0, 0.05) is 12.7 Å². The van der Waals surface area contributed by atoms with Crippen molar-refractivity contribution in [2.75, 3.05) is 12.4 Å². The first kappa shape index (κ1) is 12.0. The molecule has 0 saturated heterocycles. The van der Waals surface area contributed by atoms with Gasteiger partial charge in [0.25, 0.3) is 0 Å². The van der Waals surface area contributed by atoms with Crippen LogP contribution in [-0.2, 0) is 0 Å². The molecular weight excluding hydrogens is 222 g/mol. The number of imidazole rings is 1. The Bertz CT molecular complexity index is 354. The number of aromatic nitrogens is 2. The molecular formula is C7H11N3O4S. The highest BCUT2D eigenvalue weighted by molar-refractivity contribution is 7.99. The largest absolute Gasteiger partial charge is 0.394 e. The molecule has 84 valence electrons. The second-order valence-corrected chi connectivity index (χ2v) is 3.89. The molecule has 3 N–H and O–H groups in total. The van der Waals surface area contributed by atoms with E-state index in [2.05, 4.69) is 9.97 Å². The number of aliphatic hydroxyl groups excluding tert-OH is 2. The van der Waals surface area contributed by atoms with Crippen LogP contribution < -0.4 is 0 Å². The molecule has 0 fully saturated rings. The molecule has 0 aliphatic heterocycles. The topological polar surface area (TPSA) is 112 Å². The highest BCUT2D eigenvalue weighted by atomic mass is 32.2. The van der Waals surface area contributed by atoms with Crippen LogP contribution in [0.5, 0.6) is 0 Å². The molecule has 7 nitrogen and oxygen atoms in total. The van der Waals surface area contributed by atoms with E-state index in [4.69, 9.17) is 10.2 Å². The van der Waals surface area contributed by atoms with Gasteiger partial charge in [0.05, 0.1) is 12.7 Å². The standard InChI is InChI=1S/C7H11N3O4S/c1-4-8-6(10(13)14)7(9-4)15-3-5(12)2-11/h5,11-12H,2-3H2,1H3,(H,8,9)/t5-/m1/s1. The lowest BCUT2D eigenvalue weighted by atomic mass is 10.4.